The summed E-state index contributed by atoms with van der Waals surface area (Å²) in [6.07, 6.45) is 9.99. The summed E-state index contributed by atoms with van der Waals surface area (Å²) in [7, 11) is 0. The first-order chi connectivity index (χ1) is 10.1. The van der Waals surface area contributed by atoms with E-state index in [1.54, 1.807) is 0 Å². The Hall–Kier alpha value is -0.810. The Morgan fingerprint density at radius 2 is 1.68 bits per heavy atom. The van der Waals surface area contributed by atoms with Crippen LogP contribution >= 0.6 is 12.4 Å². The molecule has 2 amide bonds. The van der Waals surface area contributed by atoms with Crippen LogP contribution in [0.15, 0.2) is 0 Å². The minimum atomic E-state index is 0. The van der Waals surface area contributed by atoms with Crippen molar-refractivity contribution in [2.45, 2.75) is 76.3 Å². The van der Waals surface area contributed by atoms with Gasteiger partial charge in [0.1, 0.15) is 0 Å². The highest BCUT2D eigenvalue weighted by Gasteiger charge is 2.25. The molecule has 2 aliphatic rings. The normalized spacial score (nSPS) is 25.3. The quantitative estimate of drug-likeness (QED) is 0.694. The standard InChI is InChI=1S/C16H29N3O2.ClH/c17-14-8-4-5-12(14)11-16(21)18-10-9-15(20)19-13-6-2-1-3-7-13;/h12-14H,1-11,17H2,(H,18,21)(H,19,20);1H/t12-,14+;/m0./s1. The molecule has 0 unspecified atom stereocenters. The van der Waals surface area contributed by atoms with Gasteiger partial charge in [-0.3, -0.25) is 9.59 Å². The molecule has 2 saturated carbocycles. The highest BCUT2D eigenvalue weighted by Crippen LogP contribution is 2.26. The third-order valence-corrected chi connectivity index (χ3v) is 4.81. The summed E-state index contributed by atoms with van der Waals surface area (Å²) in [4.78, 5) is 23.6. The average molecular weight is 332 g/mol. The minimum absolute atomic E-state index is 0. The second-order valence-corrected chi connectivity index (χ2v) is 6.56. The average Bonchev–Trinajstić information content (AvgIpc) is 2.85. The van der Waals surface area contributed by atoms with E-state index in [9.17, 15) is 9.59 Å². The van der Waals surface area contributed by atoms with Crippen LogP contribution in [-0.4, -0.2) is 30.4 Å². The zero-order valence-corrected chi connectivity index (χ0v) is 14.1. The third kappa shape index (κ3) is 6.53. The number of nitrogens with two attached hydrogens (primary N) is 1. The molecular weight excluding hydrogens is 302 g/mol. The van der Waals surface area contributed by atoms with Gasteiger partial charge in [-0.25, -0.2) is 0 Å². The number of halogens is 1. The van der Waals surface area contributed by atoms with E-state index in [1.165, 1.54) is 19.3 Å². The Morgan fingerprint density at radius 3 is 2.32 bits per heavy atom. The van der Waals surface area contributed by atoms with E-state index >= 15 is 0 Å². The largest absolute Gasteiger partial charge is 0.356 e. The molecule has 0 aromatic heterocycles. The lowest BCUT2D eigenvalue weighted by atomic mass is 9.95. The molecular formula is C16H30ClN3O2. The Bertz CT molecular complexity index is 359. The van der Waals surface area contributed by atoms with Crippen molar-refractivity contribution in [2.24, 2.45) is 11.7 Å². The molecule has 22 heavy (non-hydrogen) atoms. The predicted molar refractivity (Wildman–Crippen MR) is 89.8 cm³/mol. The van der Waals surface area contributed by atoms with Gasteiger partial charge in [0.2, 0.25) is 11.8 Å². The van der Waals surface area contributed by atoms with Crippen molar-refractivity contribution in [2.75, 3.05) is 6.54 Å². The molecule has 4 N–H and O–H groups in total. The van der Waals surface area contributed by atoms with Gasteiger partial charge in [0.25, 0.3) is 0 Å². The van der Waals surface area contributed by atoms with E-state index in [0.29, 0.717) is 31.3 Å². The van der Waals surface area contributed by atoms with Crippen LogP contribution in [0.3, 0.4) is 0 Å². The maximum atomic E-state index is 11.8. The maximum Gasteiger partial charge on any atom is 0.221 e. The zero-order valence-electron chi connectivity index (χ0n) is 13.3. The van der Waals surface area contributed by atoms with E-state index in [-0.39, 0.29) is 30.3 Å². The van der Waals surface area contributed by atoms with Gasteiger partial charge in [0.15, 0.2) is 0 Å². The van der Waals surface area contributed by atoms with E-state index in [1.807, 2.05) is 0 Å². The first-order valence-electron chi connectivity index (χ1n) is 8.47. The molecule has 2 atom stereocenters. The lowest BCUT2D eigenvalue weighted by molar-refractivity contribution is -0.123. The number of amides is 2. The van der Waals surface area contributed by atoms with Crippen LogP contribution in [-0.2, 0) is 9.59 Å². The second-order valence-electron chi connectivity index (χ2n) is 6.56. The van der Waals surface area contributed by atoms with Gasteiger partial charge < -0.3 is 16.4 Å². The molecule has 6 heteroatoms. The maximum absolute atomic E-state index is 11.8. The van der Waals surface area contributed by atoms with E-state index < -0.39 is 0 Å². The third-order valence-electron chi connectivity index (χ3n) is 4.81. The molecule has 128 valence electrons. The van der Waals surface area contributed by atoms with Crippen molar-refractivity contribution < 1.29 is 9.59 Å². The van der Waals surface area contributed by atoms with Crippen LogP contribution in [0.2, 0.25) is 0 Å². The Balaban J connectivity index is 0.00000242. The van der Waals surface area contributed by atoms with Crippen molar-refractivity contribution in [1.82, 2.24) is 10.6 Å². The fourth-order valence-corrected chi connectivity index (χ4v) is 3.49. The van der Waals surface area contributed by atoms with Gasteiger partial charge in [-0.05, 0) is 31.6 Å². The van der Waals surface area contributed by atoms with Crippen molar-refractivity contribution in [1.29, 1.82) is 0 Å². The monoisotopic (exact) mass is 331 g/mol. The molecule has 0 aromatic carbocycles. The van der Waals surface area contributed by atoms with Gasteiger partial charge >= 0.3 is 0 Å². The lowest BCUT2D eigenvalue weighted by Gasteiger charge is -2.22. The second kappa shape index (κ2) is 10.1. The summed E-state index contributed by atoms with van der Waals surface area (Å²) in [5, 5.41) is 5.91. The van der Waals surface area contributed by atoms with Crippen molar-refractivity contribution in [3.05, 3.63) is 0 Å². The summed E-state index contributed by atoms with van der Waals surface area (Å²) in [5.41, 5.74) is 5.96. The molecule has 2 aliphatic carbocycles. The van der Waals surface area contributed by atoms with Crippen LogP contribution in [0.4, 0.5) is 0 Å². The Morgan fingerprint density at radius 1 is 0.955 bits per heavy atom. The molecule has 0 spiro atoms. The molecule has 2 rings (SSSR count). The van der Waals surface area contributed by atoms with Gasteiger partial charge in [-0.1, -0.05) is 25.7 Å². The number of rotatable bonds is 6. The first-order valence-corrected chi connectivity index (χ1v) is 8.47. The molecule has 0 aromatic rings. The van der Waals surface area contributed by atoms with Crippen LogP contribution < -0.4 is 16.4 Å². The number of carbonyl (C=O) groups is 2. The highest BCUT2D eigenvalue weighted by atomic mass is 35.5. The minimum Gasteiger partial charge on any atom is -0.356 e. The van der Waals surface area contributed by atoms with Crippen molar-refractivity contribution in [3.8, 4) is 0 Å². The smallest absolute Gasteiger partial charge is 0.221 e. The summed E-state index contributed by atoms with van der Waals surface area (Å²) < 4.78 is 0. The molecule has 0 aliphatic heterocycles. The van der Waals surface area contributed by atoms with E-state index in [0.717, 1.165) is 32.1 Å². The van der Waals surface area contributed by atoms with Gasteiger partial charge in [0.05, 0.1) is 0 Å². The molecule has 0 radical (unpaired) electrons. The van der Waals surface area contributed by atoms with Gasteiger partial charge in [-0.2, -0.15) is 0 Å². The fraction of sp³-hybridized carbons (Fsp3) is 0.875. The van der Waals surface area contributed by atoms with Gasteiger partial charge in [0, 0.05) is 31.5 Å². The molecule has 0 bridgehead atoms. The van der Waals surface area contributed by atoms with E-state index in [4.69, 9.17) is 5.73 Å². The van der Waals surface area contributed by atoms with Crippen molar-refractivity contribution in [3.63, 3.8) is 0 Å². The fourth-order valence-electron chi connectivity index (χ4n) is 3.49. The first kappa shape index (κ1) is 19.2. The lowest BCUT2D eigenvalue weighted by Crippen LogP contribution is -2.38. The summed E-state index contributed by atoms with van der Waals surface area (Å²) >= 11 is 0. The van der Waals surface area contributed by atoms with E-state index in [2.05, 4.69) is 10.6 Å². The van der Waals surface area contributed by atoms with Crippen LogP contribution in [0.25, 0.3) is 0 Å². The Labute approximate surface area is 139 Å². The van der Waals surface area contributed by atoms with Crippen LogP contribution in [0.5, 0.6) is 0 Å². The van der Waals surface area contributed by atoms with Crippen LogP contribution in [0.1, 0.15) is 64.2 Å². The number of carbonyl (C=O) groups excluding carboxylic acids is 2. The molecule has 0 saturated heterocycles. The SMILES string of the molecule is Cl.N[C@@H]1CCC[C@H]1CC(=O)NCCC(=O)NC1CCCCC1. The molecule has 0 heterocycles. The molecule has 2 fully saturated rings. The van der Waals surface area contributed by atoms with Gasteiger partial charge in [-0.15, -0.1) is 12.4 Å². The highest BCUT2D eigenvalue weighted by molar-refractivity contribution is 5.85. The van der Waals surface area contributed by atoms with Crippen molar-refractivity contribution >= 4 is 24.2 Å². The summed E-state index contributed by atoms with van der Waals surface area (Å²) in [6, 6.07) is 0.517. The summed E-state index contributed by atoms with van der Waals surface area (Å²) in [6.45, 7) is 0.430. The Kier molecular flexibility index (Phi) is 8.79. The predicted octanol–water partition coefficient (Wildman–Crippen LogP) is 1.88. The topological polar surface area (TPSA) is 84.2 Å². The summed E-state index contributed by atoms with van der Waals surface area (Å²) in [5.74, 6) is 0.406. The number of hydrogen-bond acceptors (Lipinski definition) is 3. The zero-order chi connectivity index (χ0) is 15.1. The van der Waals surface area contributed by atoms with Crippen LogP contribution in [0, 0.1) is 5.92 Å². The number of hydrogen-bond donors (Lipinski definition) is 3. The number of nitrogens with one attached hydrogen (secondary N) is 2. The molecule has 5 nitrogen and oxygen atoms in total.